The fourth-order valence-electron chi connectivity index (χ4n) is 1.33. The van der Waals surface area contributed by atoms with Gasteiger partial charge in [0.05, 0.1) is 12.0 Å². The first-order valence-electron chi connectivity index (χ1n) is 5.35. The summed E-state index contributed by atoms with van der Waals surface area (Å²) in [5.41, 5.74) is 0.675. The molecule has 104 valence electrons. The van der Waals surface area contributed by atoms with E-state index in [2.05, 4.69) is 14.7 Å². The Morgan fingerprint density at radius 2 is 2.20 bits per heavy atom. The van der Waals surface area contributed by atoms with Crippen LogP contribution in [0.25, 0.3) is 0 Å². The Morgan fingerprint density at radius 3 is 2.75 bits per heavy atom. The van der Waals surface area contributed by atoms with Gasteiger partial charge in [0.2, 0.25) is 0 Å². The summed E-state index contributed by atoms with van der Waals surface area (Å²) < 4.78 is 5.18. The molecule has 0 saturated carbocycles. The van der Waals surface area contributed by atoms with E-state index in [0.717, 1.165) is 17.5 Å². The van der Waals surface area contributed by atoms with Crippen LogP contribution in [-0.2, 0) is 4.74 Å². The largest absolute Gasteiger partial charge is 0.464 e. The van der Waals surface area contributed by atoms with Gasteiger partial charge in [-0.05, 0) is 24.8 Å². The molecule has 0 spiro atoms. The number of rotatable bonds is 4. The second-order valence-electron chi connectivity index (χ2n) is 3.63. The zero-order valence-corrected chi connectivity index (χ0v) is 12.2. The number of pyridine rings is 1. The Hall–Kier alpha value is -2.00. The molecule has 0 aliphatic carbocycles. The van der Waals surface area contributed by atoms with Crippen molar-refractivity contribution in [3.63, 3.8) is 0 Å². The summed E-state index contributed by atoms with van der Waals surface area (Å²) in [5, 5.41) is 12.9. The number of ether oxygens (including phenoxy) is 1. The molecule has 0 aliphatic heterocycles. The quantitative estimate of drug-likeness (QED) is 0.486. The smallest absolute Gasteiger partial charge is 0.356 e. The maximum atomic E-state index is 11.4. The van der Waals surface area contributed by atoms with E-state index in [0.29, 0.717) is 4.34 Å². The average Bonchev–Trinajstić information content (AvgIpc) is 2.82. The van der Waals surface area contributed by atoms with Gasteiger partial charge in [0.15, 0.2) is 9.37 Å². The monoisotopic (exact) mass is 311 g/mol. The molecule has 2 heterocycles. The van der Waals surface area contributed by atoms with Crippen molar-refractivity contribution in [2.24, 2.45) is 0 Å². The van der Waals surface area contributed by atoms with Gasteiger partial charge in [-0.1, -0.05) is 0 Å². The van der Waals surface area contributed by atoms with Crippen molar-refractivity contribution in [2.45, 2.75) is 16.3 Å². The number of nitro groups is 1. The van der Waals surface area contributed by atoms with E-state index in [-0.39, 0.29) is 16.4 Å². The van der Waals surface area contributed by atoms with Crippen LogP contribution in [0.4, 0.5) is 5.69 Å². The SMILES string of the molecule is COC(=O)c1ccc([N+](=O)[O-])c(Sc2nc(C)cs2)n1. The highest BCUT2D eigenvalue weighted by atomic mass is 32.2. The van der Waals surface area contributed by atoms with Crippen molar-refractivity contribution in [3.05, 3.63) is 39.0 Å². The molecule has 0 N–H and O–H groups in total. The van der Waals surface area contributed by atoms with E-state index >= 15 is 0 Å². The molecule has 0 unspecified atom stereocenters. The first-order chi connectivity index (χ1) is 9.51. The Bertz CT molecular complexity index is 671. The fraction of sp³-hybridized carbons (Fsp3) is 0.182. The zero-order chi connectivity index (χ0) is 14.7. The van der Waals surface area contributed by atoms with Crippen LogP contribution in [0.1, 0.15) is 16.2 Å². The minimum absolute atomic E-state index is 0.0221. The van der Waals surface area contributed by atoms with Gasteiger partial charge in [-0.3, -0.25) is 10.1 Å². The van der Waals surface area contributed by atoms with Gasteiger partial charge in [-0.25, -0.2) is 14.8 Å². The summed E-state index contributed by atoms with van der Waals surface area (Å²) >= 11 is 2.41. The van der Waals surface area contributed by atoms with Crippen LogP contribution >= 0.6 is 23.1 Å². The minimum Gasteiger partial charge on any atom is -0.464 e. The van der Waals surface area contributed by atoms with Gasteiger partial charge < -0.3 is 4.74 Å². The van der Waals surface area contributed by atoms with Crippen molar-refractivity contribution in [3.8, 4) is 0 Å². The summed E-state index contributed by atoms with van der Waals surface area (Å²) in [5.74, 6) is -0.642. The van der Waals surface area contributed by atoms with E-state index < -0.39 is 10.9 Å². The third kappa shape index (κ3) is 3.11. The van der Waals surface area contributed by atoms with Crippen molar-refractivity contribution in [2.75, 3.05) is 7.11 Å². The zero-order valence-electron chi connectivity index (χ0n) is 10.5. The van der Waals surface area contributed by atoms with E-state index in [1.807, 2.05) is 12.3 Å². The molecule has 20 heavy (non-hydrogen) atoms. The number of esters is 1. The highest BCUT2D eigenvalue weighted by Crippen LogP contribution is 2.34. The normalized spacial score (nSPS) is 10.3. The predicted molar refractivity (Wildman–Crippen MR) is 73.2 cm³/mol. The average molecular weight is 311 g/mol. The second kappa shape index (κ2) is 5.97. The summed E-state index contributed by atoms with van der Waals surface area (Å²) in [6, 6.07) is 2.50. The Balaban J connectivity index is 2.41. The van der Waals surface area contributed by atoms with Gasteiger partial charge in [0.1, 0.15) is 5.69 Å². The van der Waals surface area contributed by atoms with Gasteiger partial charge in [-0.15, -0.1) is 11.3 Å². The van der Waals surface area contributed by atoms with E-state index in [4.69, 9.17) is 0 Å². The first-order valence-corrected chi connectivity index (χ1v) is 7.04. The standard InChI is InChI=1S/C11H9N3O4S2/c1-6-5-19-11(12-6)20-9-8(14(16)17)4-3-7(13-9)10(15)18-2/h3-5H,1-2H3. The fourth-order valence-corrected chi connectivity index (χ4v) is 3.17. The van der Waals surface area contributed by atoms with Crippen molar-refractivity contribution >= 4 is 34.8 Å². The molecule has 0 aromatic carbocycles. The van der Waals surface area contributed by atoms with Crippen LogP contribution in [-0.4, -0.2) is 28.0 Å². The lowest BCUT2D eigenvalue weighted by Crippen LogP contribution is -2.06. The maximum absolute atomic E-state index is 11.4. The summed E-state index contributed by atoms with van der Waals surface area (Å²) in [7, 11) is 1.22. The van der Waals surface area contributed by atoms with Crippen LogP contribution in [0.2, 0.25) is 0 Å². The molecule has 0 aliphatic rings. The maximum Gasteiger partial charge on any atom is 0.356 e. The van der Waals surface area contributed by atoms with E-state index in [9.17, 15) is 14.9 Å². The number of methoxy groups -OCH3 is 1. The van der Waals surface area contributed by atoms with Crippen LogP contribution in [0.15, 0.2) is 26.9 Å². The molecule has 0 amide bonds. The Morgan fingerprint density at radius 1 is 1.45 bits per heavy atom. The highest BCUT2D eigenvalue weighted by Gasteiger charge is 2.21. The Kier molecular flexibility index (Phi) is 4.30. The van der Waals surface area contributed by atoms with Gasteiger partial charge in [0, 0.05) is 17.1 Å². The number of aromatic nitrogens is 2. The lowest BCUT2D eigenvalue weighted by atomic mass is 10.3. The first kappa shape index (κ1) is 14.4. The van der Waals surface area contributed by atoms with Crippen molar-refractivity contribution in [1.29, 1.82) is 0 Å². The van der Waals surface area contributed by atoms with Crippen LogP contribution in [0.3, 0.4) is 0 Å². The minimum atomic E-state index is -0.642. The summed E-state index contributed by atoms with van der Waals surface area (Å²) in [6.45, 7) is 1.83. The third-order valence-electron chi connectivity index (χ3n) is 2.21. The second-order valence-corrected chi connectivity index (χ2v) is 5.72. The predicted octanol–water partition coefficient (Wildman–Crippen LogP) is 2.69. The van der Waals surface area contributed by atoms with Crippen molar-refractivity contribution in [1.82, 2.24) is 9.97 Å². The molecule has 0 bridgehead atoms. The van der Waals surface area contributed by atoms with Crippen LogP contribution < -0.4 is 0 Å². The number of carbonyl (C=O) groups excluding carboxylic acids is 1. The van der Waals surface area contributed by atoms with Gasteiger partial charge >= 0.3 is 11.7 Å². The van der Waals surface area contributed by atoms with Crippen LogP contribution in [0, 0.1) is 17.0 Å². The van der Waals surface area contributed by atoms with Gasteiger partial charge in [0.25, 0.3) is 0 Å². The topological polar surface area (TPSA) is 95.2 Å². The van der Waals surface area contributed by atoms with Gasteiger partial charge in [-0.2, -0.15) is 0 Å². The number of hydrogen-bond acceptors (Lipinski definition) is 8. The lowest BCUT2D eigenvalue weighted by molar-refractivity contribution is -0.388. The number of nitrogens with zero attached hydrogens (tertiary/aromatic N) is 3. The molecule has 7 nitrogen and oxygen atoms in total. The molecule has 0 atom stereocenters. The molecule has 0 saturated heterocycles. The molecule has 9 heteroatoms. The molecular formula is C11H9N3O4S2. The van der Waals surface area contributed by atoms with E-state index in [1.54, 1.807) is 0 Å². The number of thiazole rings is 1. The van der Waals surface area contributed by atoms with Crippen molar-refractivity contribution < 1.29 is 14.5 Å². The molecular weight excluding hydrogens is 302 g/mol. The molecule has 2 aromatic heterocycles. The number of hydrogen-bond donors (Lipinski definition) is 0. The lowest BCUT2D eigenvalue weighted by Gasteiger charge is -2.02. The number of carbonyl (C=O) groups is 1. The summed E-state index contributed by atoms with van der Waals surface area (Å²) in [6.07, 6.45) is 0. The van der Waals surface area contributed by atoms with E-state index in [1.165, 1.54) is 30.6 Å². The number of aryl methyl sites for hydroxylation is 1. The Labute approximate surface area is 122 Å². The molecule has 2 aromatic rings. The molecule has 0 fully saturated rings. The molecule has 0 radical (unpaired) electrons. The molecule has 2 rings (SSSR count). The summed E-state index contributed by atoms with van der Waals surface area (Å²) in [4.78, 5) is 30.1. The third-order valence-corrected chi connectivity index (χ3v) is 4.26. The van der Waals surface area contributed by atoms with Crippen LogP contribution in [0.5, 0.6) is 0 Å². The highest BCUT2D eigenvalue weighted by molar-refractivity contribution is 8.01.